The minimum absolute atomic E-state index is 0.0830. The van der Waals surface area contributed by atoms with E-state index in [4.69, 9.17) is 20.6 Å². The van der Waals surface area contributed by atoms with Gasteiger partial charge in [-0.25, -0.2) is 4.79 Å². The Hall–Kier alpha value is -2.48. The van der Waals surface area contributed by atoms with Gasteiger partial charge in [-0.3, -0.25) is 22.7 Å². The van der Waals surface area contributed by atoms with Crippen LogP contribution >= 0.6 is 0 Å². The molecule has 3 atom stereocenters. The van der Waals surface area contributed by atoms with Crippen molar-refractivity contribution in [2.24, 2.45) is 0 Å². The lowest BCUT2D eigenvalue weighted by Crippen LogP contribution is -2.55. The van der Waals surface area contributed by atoms with Crippen molar-refractivity contribution in [1.29, 1.82) is 0 Å². The Bertz CT molecular complexity index is 1490. The van der Waals surface area contributed by atoms with Crippen molar-refractivity contribution in [3.05, 3.63) is 33.1 Å². The Kier molecular flexibility index (Phi) is 7.26. The van der Waals surface area contributed by atoms with E-state index in [1.807, 2.05) is 4.98 Å². The zero-order valence-electron chi connectivity index (χ0n) is 19.7. The Morgan fingerprint density at radius 3 is 1.98 bits per heavy atom. The van der Waals surface area contributed by atoms with Crippen LogP contribution in [0.5, 0.6) is 0 Å². The maximum Gasteiger partial charge on any atom is 0.523 e. The standard InChI is InChI=1S/C19H18F6N2O11S2/c1-2-17-12(36-16(38-17)6-3-4-7-16)15(9-34-39(30,31)18(20,21)22,10-35-40(32,33)19(23,24)25)37-13(17)27-8-5-11(28)26-14(27)29/h1,5,8,12-13H,3-4,6-7,9-10H2,(H,26,28,29)/t12-,13-,17-/m1/s1. The predicted molar refractivity (Wildman–Crippen MR) is 115 cm³/mol. The van der Waals surface area contributed by atoms with Crippen LogP contribution in [0.3, 0.4) is 0 Å². The van der Waals surface area contributed by atoms with Gasteiger partial charge in [-0.15, -0.1) is 6.42 Å². The topological polar surface area (TPSA) is 169 Å². The van der Waals surface area contributed by atoms with E-state index < -0.39 is 85.0 Å². The van der Waals surface area contributed by atoms with Gasteiger partial charge in [-0.05, 0) is 12.8 Å². The maximum absolute atomic E-state index is 13.0. The van der Waals surface area contributed by atoms with Crippen molar-refractivity contribution < 1.29 is 65.8 Å². The van der Waals surface area contributed by atoms with Crippen LogP contribution in [0.4, 0.5) is 26.3 Å². The minimum Gasteiger partial charge on any atom is -0.339 e. The highest BCUT2D eigenvalue weighted by atomic mass is 32.2. The molecule has 1 spiro atoms. The van der Waals surface area contributed by atoms with E-state index in [0.717, 1.165) is 12.3 Å². The Labute approximate surface area is 220 Å². The molecule has 1 N–H and O–H groups in total. The van der Waals surface area contributed by atoms with Gasteiger partial charge in [-0.1, -0.05) is 5.92 Å². The molecule has 3 fully saturated rings. The number of fused-ring (bicyclic) bond motifs is 1. The average molecular weight is 628 g/mol. The van der Waals surface area contributed by atoms with Gasteiger partial charge in [0.1, 0.15) is 19.3 Å². The SMILES string of the molecule is C#C[C@@]12OC3(CCCC3)O[C@@H]1C(COS(=O)(=O)C(F)(F)F)(COS(=O)(=O)C(F)(F)F)O[C@H]2n1ccc(=O)[nH]c1=O. The lowest BCUT2D eigenvalue weighted by molar-refractivity contribution is -0.250. The maximum atomic E-state index is 13.0. The summed E-state index contributed by atoms with van der Waals surface area (Å²) in [7, 11) is -12.9. The van der Waals surface area contributed by atoms with Crippen LogP contribution < -0.4 is 11.2 Å². The van der Waals surface area contributed by atoms with Gasteiger partial charge in [0.15, 0.2) is 17.6 Å². The molecule has 4 rings (SSSR count). The number of ether oxygens (including phenoxy) is 3. The molecule has 0 bridgehead atoms. The highest BCUT2D eigenvalue weighted by Gasteiger charge is 2.75. The molecule has 1 aliphatic carbocycles. The highest BCUT2D eigenvalue weighted by Crippen LogP contribution is 2.58. The molecule has 0 unspecified atom stereocenters. The van der Waals surface area contributed by atoms with Crippen LogP contribution in [-0.2, 0) is 42.8 Å². The van der Waals surface area contributed by atoms with Crippen LogP contribution in [0.25, 0.3) is 0 Å². The van der Waals surface area contributed by atoms with E-state index in [1.54, 1.807) is 0 Å². The smallest absolute Gasteiger partial charge is 0.339 e. The quantitative estimate of drug-likeness (QED) is 0.194. The third-order valence-electron chi connectivity index (χ3n) is 6.45. The van der Waals surface area contributed by atoms with Crippen molar-refractivity contribution in [3.8, 4) is 12.3 Å². The number of halogens is 6. The number of aromatic nitrogens is 2. The Balaban J connectivity index is 1.89. The lowest BCUT2D eigenvalue weighted by Gasteiger charge is -2.34. The summed E-state index contributed by atoms with van der Waals surface area (Å²) in [6.07, 6.45) is 3.43. The average Bonchev–Trinajstić information content (AvgIpc) is 3.49. The zero-order chi connectivity index (χ0) is 30.0. The van der Waals surface area contributed by atoms with Crippen molar-refractivity contribution >= 4 is 20.2 Å². The van der Waals surface area contributed by atoms with Crippen LogP contribution in [0.1, 0.15) is 31.9 Å². The number of alkyl halides is 6. The third kappa shape index (κ3) is 4.94. The summed E-state index contributed by atoms with van der Waals surface area (Å²) in [4.78, 5) is 26.0. The molecule has 21 heteroatoms. The van der Waals surface area contributed by atoms with Crippen LogP contribution in [0, 0.1) is 12.3 Å². The summed E-state index contributed by atoms with van der Waals surface area (Å²) in [6.45, 7) is -3.71. The number of H-pyrrole nitrogens is 1. The monoisotopic (exact) mass is 628 g/mol. The third-order valence-corrected chi connectivity index (χ3v) is 8.44. The largest absolute Gasteiger partial charge is 0.523 e. The molecule has 0 aromatic carbocycles. The second-order valence-corrected chi connectivity index (χ2v) is 12.2. The minimum atomic E-state index is -6.46. The molecule has 224 valence electrons. The van der Waals surface area contributed by atoms with Gasteiger partial charge in [0, 0.05) is 25.1 Å². The number of nitrogens with one attached hydrogen (secondary N) is 1. The molecule has 1 saturated carbocycles. The zero-order valence-corrected chi connectivity index (χ0v) is 21.3. The molecule has 3 heterocycles. The highest BCUT2D eigenvalue weighted by molar-refractivity contribution is 7.87. The van der Waals surface area contributed by atoms with E-state index in [-0.39, 0.29) is 12.8 Å². The normalized spacial score (nSPS) is 28.0. The molecule has 0 amide bonds. The van der Waals surface area contributed by atoms with Gasteiger partial charge in [0.05, 0.1) is 0 Å². The van der Waals surface area contributed by atoms with E-state index >= 15 is 0 Å². The second-order valence-electron chi connectivity index (χ2n) is 9.03. The first-order valence-corrected chi connectivity index (χ1v) is 13.8. The number of terminal acetylenes is 1. The Morgan fingerprint density at radius 1 is 1.00 bits per heavy atom. The van der Waals surface area contributed by atoms with Gasteiger partial charge in [0.2, 0.25) is 5.60 Å². The van der Waals surface area contributed by atoms with Crippen molar-refractivity contribution in [1.82, 2.24) is 9.55 Å². The first-order chi connectivity index (χ1) is 18.2. The molecule has 1 aromatic heterocycles. The lowest BCUT2D eigenvalue weighted by atomic mass is 9.87. The fourth-order valence-electron chi connectivity index (χ4n) is 4.67. The number of rotatable bonds is 7. The number of nitrogens with zero attached hydrogens (tertiary/aromatic N) is 1. The van der Waals surface area contributed by atoms with E-state index in [1.165, 1.54) is 0 Å². The van der Waals surface area contributed by atoms with E-state index in [2.05, 4.69) is 14.3 Å². The molecule has 13 nitrogen and oxygen atoms in total. The molecule has 0 radical (unpaired) electrons. The van der Waals surface area contributed by atoms with Gasteiger partial charge in [0.25, 0.3) is 5.56 Å². The molecular formula is C19H18F6N2O11S2. The van der Waals surface area contributed by atoms with E-state index in [9.17, 15) is 52.8 Å². The van der Waals surface area contributed by atoms with Crippen molar-refractivity contribution in [2.45, 2.75) is 66.0 Å². The summed E-state index contributed by atoms with van der Waals surface area (Å²) in [5, 5.41) is 0. The summed E-state index contributed by atoms with van der Waals surface area (Å²) in [5.41, 5.74) is -19.6. The molecule has 3 aliphatic rings. The predicted octanol–water partition coefficient (Wildman–Crippen LogP) is 0.594. The van der Waals surface area contributed by atoms with E-state index in [0.29, 0.717) is 17.4 Å². The van der Waals surface area contributed by atoms with Crippen molar-refractivity contribution in [2.75, 3.05) is 13.2 Å². The molecule has 2 aliphatic heterocycles. The van der Waals surface area contributed by atoms with Crippen LogP contribution in [0.2, 0.25) is 0 Å². The van der Waals surface area contributed by atoms with Crippen molar-refractivity contribution in [3.63, 3.8) is 0 Å². The van der Waals surface area contributed by atoms with Gasteiger partial charge < -0.3 is 14.2 Å². The Morgan fingerprint density at radius 2 is 1.52 bits per heavy atom. The first-order valence-electron chi connectivity index (χ1n) is 11.0. The van der Waals surface area contributed by atoms with Crippen LogP contribution in [0.15, 0.2) is 21.9 Å². The van der Waals surface area contributed by atoms with Gasteiger partial charge >= 0.3 is 36.9 Å². The number of hydrogen-bond donors (Lipinski definition) is 1. The first kappa shape index (κ1) is 30.5. The fraction of sp³-hybridized carbons (Fsp3) is 0.684. The molecular weight excluding hydrogens is 610 g/mol. The molecule has 40 heavy (non-hydrogen) atoms. The van der Waals surface area contributed by atoms with Gasteiger partial charge in [-0.2, -0.15) is 43.2 Å². The number of aromatic amines is 1. The van der Waals surface area contributed by atoms with Crippen LogP contribution in [-0.4, -0.2) is 73.7 Å². The number of hydrogen-bond acceptors (Lipinski definition) is 11. The fourth-order valence-corrected chi connectivity index (χ4v) is 5.65. The molecule has 2 saturated heterocycles. The second kappa shape index (κ2) is 9.53. The molecule has 1 aromatic rings. The summed E-state index contributed by atoms with van der Waals surface area (Å²) < 4.78 is 151. The summed E-state index contributed by atoms with van der Waals surface area (Å²) in [6, 6.07) is 0.778. The summed E-state index contributed by atoms with van der Waals surface area (Å²) in [5.74, 6) is 0.475. The summed E-state index contributed by atoms with van der Waals surface area (Å²) >= 11 is 0.